The van der Waals surface area contributed by atoms with Gasteiger partial charge in [-0.1, -0.05) is 17.7 Å². The molecular formula is C23H29Cl2N3O4S. The Morgan fingerprint density at radius 1 is 1.18 bits per heavy atom. The largest absolute Gasteiger partial charge is 0.492 e. The van der Waals surface area contributed by atoms with E-state index in [0.29, 0.717) is 25.3 Å². The van der Waals surface area contributed by atoms with Crippen LogP contribution in [0.5, 0.6) is 5.75 Å². The highest BCUT2D eigenvalue weighted by Gasteiger charge is 2.16. The van der Waals surface area contributed by atoms with E-state index in [2.05, 4.69) is 21.1 Å². The van der Waals surface area contributed by atoms with E-state index < -0.39 is 16.1 Å². The fraction of sp³-hybridized carbons (Fsp3) is 0.391. The summed E-state index contributed by atoms with van der Waals surface area (Å²) in [5.74, 6) is 0.813. The van der Waals surface area contributed by atoms with E-state index in [1.807, 2.05) is 12.1 Å². The predicted octanol–water partition coefficient (Wildman–Crippen LogP) is 4.20. The van der Waals surface area contributed by atoms with Crippen molar-refractivity contribution >= 4 is 50.6 Å². The first-order chi connectivity index (χ1) is 15.3. The minimum Gasteiger partial charge on any atom is -0.492 e. The minimum absolute atomic E-state index is 0. The van der Waals surface area contributed by atoms with Gasteiger partial charge in [-0.15, -0.1) is 12.4 Å². The van der Waals surface area contributed by atoms with Crippen LogP contribution in [0.2, 0.25) is 5.02 Å². The Balaban J connectivity index is 0.00000306. The lowest BCUT2D eigenvalue weighted by Crippen LogP contribution is -2.26. The lowest BCUT2D eigenvalue weighted by atomic mass is 9.96. The molecule has 0 saturated heterocycles. The van der Waals surface area contributed by atoms with Crippen molar-refractivity contribution in [2.75, 3.05) is 30.7 Å². The second-order valence-corrected chi connectivity index (χ2v) is 10.3. The molecule has 0 spiro atoms. The maximum absolute atomic E-state index is 11.5. The molecule has 180 valence electrons. The molecule has 1 aliphatic carbocycles. The summed E-state index contributed by atoms with van der Waals surface area (Å²) in [7, 11) is -3.46. The number of anilines is 1. The number of halogens is 2. The molecule has 1 aromatic heterocycles. The molecule has 1 aliphatic rings. The van der Waals surface area contributed by atoms with Crippen molar-refractivity contribution in [1.82, 2.24) is 10.3 Å². The summed E-state index contributed by atoms with van der Waals surface area (Å²) in [5, 5.41) is 15.1. The third-order valence-corrected chi connectivity index (χ3v) is 6.55. The van der Waals surface area contributed by atoms with Crippen molar-refractivity contribution in [3.8, 4) is 5.75 Å². The Labute approximate surface area is 205 Å². The second kappa shape index (κ2) is 11.0. The van der Waals surface area contributed by atoms with Crippen molar-refractivity contribution in [2.24, 2.45) is 0 Å². The van der Waals surface area contributed by atoms with Crippen LogP contribution < -0.4 is 14.8 Å². The molecule has 3 aromatic rings. The van der Waals surface area contributed by atoms with Gasteiger partial charge in [-0.2, -0.15) is 0 Å². The van der Waals surface area contributed by atoms with Gasteiger partial charge in [0, 0.05) is 35.8 Å². The standard InChI is InChI=1S/C23H28ClN3O4S.ClH/c1-32(29,30)27-22-12-15(6-9-19(22)24)23(28)14-25-10-11-31-16-7-8-18-17-4-2-3-5-20(17)26-21(18)13-16;/h6-9,12-13,23,25-28H,2-5,10-11,14H2,1H3;1H. The van der Waals surface area contributed by atoms with Gasteiger partial charge in [-0.3, -0.25) is 4.72 Å². The molecule has 1 unspecified atom stereocenters. The molecule has 0 fully saturated rings. The van der Waals surface area contributed by atoms with Gasteiger partial charge in [-0.25, -0.2) is 8.42 Å². The summed E-state index contributed by atoms with van der Waals surface area (Å²) < 4.78 is 31.1. The average Bonchev–Trinajstić information content (AvgIpc) is 3.11. The third-order valence-electron chi connectivity index (χ3n) is 5.63. The molecule has 7 nitrogen and oxygen atoms in total. The Morgan fingerprint density at radius 2 is 1.97 bits per heavy atom. The maximum atomic E-state index is 11.5. The number of aromatic amines is 1. The Hall–Kier alpha value is -1.97. The van der Waals surface area contributed by atoms with Crippen LogP contribution in [0.4, 0.5) is 5.69 Å². The SMILES string of the molecule is CS(=O)(=O)Nc1cc(C(O)CNCCOc2ccc3c4c([nH]c3c2)CCCC4)ccc1Cl.Cl. The minimum atomic E-state index is -3.46. The quantitative estimate of drug-likeness (QED) is 0.321. The van der Waals surface area contributed by atoms with E-state index in [1.165, 1.54) is 35.6 Å². The maximum Gasteiger partial charge on any atom is 0.229 e. The highest BCUT2D eigenvalue weighted by Crippen LogP contribution is 2.31. The topological polar surface area (TPSA) is 103 Å². The van der Waals surface area contributed by atoms with Gasteiger partial charge in [-0.05, 0) is 61.1 Å². The van der Waals surface area contributed by atoms with Crippen LogP contribution in [-0.2, 0) is 22.9 Å². The lowest BCUT2D eigenvalue weighted by molar-refractivity contribution is 0.172. The number of ether oxygens (including phenoxy) is 1. The van der Waals surface area contributed by atoms with Crippen LogP contribution in [-0.4, -0.2) is 44.5 Å². The zero-order chi connectivity index (χ0) is 22.7. The second-order valence-electron chi connectivity index (χ2n) is 8.18. The summed E-state index contributed by atoms with van der Waals surface area (Å²) >= 11 is 6.03. The normalized spacial score (nSPS) is 14.4. The molecule has 1 atom stereocenters. The Morgan fingerprint density at radius 3 is 2.76 bits per heavy atom. The molecule has 4 N–H and O–H groups in total. The highest BCUT2D eigenvalue weighted by atomic mass is 35.5. The van der Waals surface area contributed by atoms with Gasteiger partial charge in [0.25, 0.3) is 0 Å². The molecule has 0 bridgehead atoms. The number of fused-ring (bicyclic) bond motifs is 3. The van der Waals surface area contributed by atoms with Crippen molar-refractivity contribution in [3.05, 3.63) is 58.2 Å². The van der Waals surface area contributed by atoms with E-state index in [4.69, 9.17) is 16.3 Å². The molecular weight excluding hydrogens is 485 g/mol. The van der Waals surface area contributed by atoms with E-state index in [0.717, 1.165) is 30.4 Å². The molecule has 4 rings (SSSR count). The number of aromatic nitrogens is 1. The van der Waals surface area contributed by atoms with Crippen LogP contribution >= 0.6 is 24.0 Å². The monoisotopic (exact) mass is 513 g/mol. The van der Waals surface area contributed by atoms with Crippen molar-refractivity contribution in [3.63, 3.8) is 0 Å². The number of aliphatic hydroxyl groups is 1. The van der Waals surface area contributed by atoms with Gasteiger partial charge in [0.2, 0.25) is 10.0 Å². The molecule has 1 heterocycles. The van der Waals surface area contributed by atoms with Crippen molar-refractivity contribution in [1.29, 1.82) is 0 Å². The van der Waals surface area contributed by atoms with Gasteiger partial charge in [0.15, 0.2) is 0 Å². The number of benzene rings is 2. The smallest absolute Gasteiger partial charge is 0.229 e. The van der Waals surface area contributed by atoms with E-state index >= 15 is 0 Å². The van der Waals surface area contributed by atoms with E-state index in [-0.39, 0.29) is 23.1 Å². The first kappa shape index (κ1) is 25.6. The van der Waals surface area contributed by atoms with Crippen LogP contribution in [0.3, 0.4) is 0 Å². The number of hydrogen-bond donors (Lipinski definition) is 4. The lowest BCUT2D eigenvalue weighted by Gasteiger charge is -2.15. The number of H-pyrrole nitrogens is 1. The number of hydrogen-bond acceptors (Lipinski definition) is 5. The summed E-state index contributed by atoms with van der Waals surface area (Å²) in [6, 6.07) is 11.0. The van der Waals surface area contributed by atoms with Crippen LogP contribution in [0.15, 0.2) is 36.4 Å². The summed E-state index contributed by atoms with van der Waals surface area (Å²) in [6.07, 6.45) is 4.99. The number of aliphatic hydroxyl groups excluding tert-OH is 1. The molecule has 2 aromatic carbocycles. The van der Waals surface area contributed by atoms with Gasteiger partial charge in [0.05, 0.1) is 23.1 Å². The summed E-state index contributed by atoms with van der Waals surface area (Å²) in [5.41, 5.74) is 4.74. The Kier molecular flexibility index (Phi) is 8.53. The zero-order valence-electron chi connectivity index (χ0n) is 18.4. The highest BCUT2D eigenvalue weighted by molar-refractivity contribution is 7.92. The molecule has 10 heteroatoms. The third kappa shape index (κ3) is 6.55. The number of rotatable bonds is 9. The first-order valence-electron chi connectivity index (χ1n) is 10.7. The van der Waals surface area contributed by atoms with Gasteiger partial charge in [0.1, 0.15) is 12.4 Å². The molecule has 0 saturated carbocycles. The van der Waals surface area contributed by atoms with E-state index in [9.17, 15) is 13.5 Å². The number of sulfonamides is 1. The molecule has 0 radical (unpaired) electrons. The fourth-order valence-corrected chi connectivity index (χ4v) is 4.90. The van der Waals surface area contributed by atoms with E-state index in [1.54, 1.807) is 12.1 Å². The molecule has 33 heavy (non-hydrogen) atoms. The van der Waals surface area contributed by atoms with Gasteiger partial charge < -0.3 is 20.1 Å². The van der Waals surface area contributed by atoms with Crippen molar-refractivity contribution in [2.45, 2.75) is 31.8 Å². The first-order valence-corrected chi connectivity index (χ1v) is 13.0. The summed E-state index contributed by atoms with van der Waals surface area (Å²) in [6.45, 7) is 1.31. The predicted molar refractivity (Wildman–Crippen MR) is 135 cm³/mol. The fourth-order valence-electron chi connectivity index (χ4n) is 4.11. The van der Waals surface area contributed by atoms with Crippen LogP contribution in [0, 0.1) is 0 Å². The van der Waals surface area contributed by atoms with Gasteiger partial charge >= 0.3 is 0 Å². The zero-order valence-corrected chi connectivity index (χ0v) is 20.7. The average molecular weight is 514 g/mol. The molecule has 0 amide bonds. The number of nitrogens with one attached hydrogen (secondary N) is 3. The summed E-state index contributed by atoms with van der Waals surface area (Å²) in [4.78, 5) is 3.53. The Bertz CT molecular complexity index is 1210. The van der Waals surface area contributed by atoms with Crippen molar-refractivity contribution < 1.29 is 18.3 Å². The number of aryl methyl sites for hydroxylation is 2. The van der Waals surface area contributed by atoms with Crippen LogP contribution in [0.25, 0.3) is 10.9 Å². The van der Waals surface area contributed by atoms with Crippen LogP contribution in [0.1, 0.15) is 35.8 Å². The molecule has 0 aliphatic heterocycles.